The van der Waals surface area contributed by atoms with Crippen LogP contribution in [0, 0.1) is 0 Å². The van der Waals surface area contributed by atoms with E-state index in [1.165, 1.54) is 0 Å². The summed E-state index contributed by atoms with van der Waals surface area (Å²) in [7, 11) is 0. The van der Waals surface area contributed by atoms with Gasteiger partial charge in [0.1, 0.15) is 6.04 Å². The van der Waals surface area contributed by atoms with Crippen molar-refractivity contribution in [2.24, 2.45) is 0 Å². The highest BCUT2D eigenvalue weighted by atomic mass is 79.9. The van der Waals surface area contributed by atoms with E-state index in [1.54, 1.807) is 24.3 Å². The standard InChI is InChI=1S/C15H19BrN2O5/c16-10-6-8-11(9-7-10)17-15(23)18-12(14(21)22)4-2-1-3-5-13(19)20/h6-9,12H,1-5H2,(H,19,20)(H,21,22)(H2,17,18,23)/t12-/m0/s1. The van der Waals surface area contributed by atoms with Gasteiger partial charge in [-0.05, 0) is 37.1 Å². The van der Waals surface area contributed by atoms with Gasteiger partial charge in [-0.1, -0.05) is 28.8 Å². The van der Waals surface area contributed by atoms with E-state index in [0.717, 1.165) is 4.47 Å². The number of carbonyl (C=O) groups is 3. The third-order valence-electron chi connectivity index (χ3n) is 3.09. The molecular weight excluding hydrogens is 368 g/mol. The summed E-state index contributed by atoms with van der Waals surface area (Å²) in [5.41, 5.74) is 0.552. The molecule has 0 fully saturated rings. The van der Waals surface area contributed by atoms with Crippen molar-refractivity contribution in [3.63, 3.8) is 0 Å². The molecule has 0 unspecified atom stereocenters. The van der Waals surface area contributed by atoms with Gasteiger partial charge in [-0.25, -0.2) is 9.59 Å². The molecule has 1 atom stereocenters. The number of aliphatic carboxylic acids is 2. The van der Waals surface area contributed by atoms with Crippen LogP contribution in [0.3, 0.4) is 0 Å². The molecule has 7 nitrogen and oxygen atoms in total. The number of carboxylic acid groups (broad SMARTS) is 2. The number of halogens is 1. The zero-order valence-electron chi connectivity index (χ0n) is 12.4. The predicted molar refractivity (Wildman–Crippen MR) is 88.4 cm³/mol. The Morgan fingerprint density at radius 2 is 1.70 bits per heavy atom. The number of hydrogen-bond donors (Lipinski definition) is 4. The van der Waals surface area contributed by atoms with E-state index in [9.17, 15) is 14.4 Å². The first-order chi connectivity index (χ1) is 10.9. The quantitative estimate of drug-likeness (QED) is 0.486. The zero-order chi connectivity index (χ0) is 17.2. The summed E-state index contributed by atoms with van der Waals surface area (Å²) in [6.45, 7) is 0. The van der Waals surface area contributed by atoms with Crippen LogP contribution in [0.4, 0.5) is 10.5 Å². The van der Waals surface area contributed by atoms with Gasteiger partial charge in [0.25, 0.3) is 0 Å². The smallest absolute Gasteiger partial charge is 0.326 e. The Morgan fingerprint density at radius 3 is 2.26 bits per heavy atom. The number of urea groups is 1. The molecule has 0 saturated heterocycles. The van der Waals surface area contributed by atoms with Gasteiger partial charge in [-0.2, -0.15) is 0 Å². The molecule has 0 aliphatic heterocycles. The Kier molecular flexibility index (Phi) is 8.10. The maximum absolute atomic E-state index is 11.8. The van der Waals surface area contributed by atoms with Crippen LogP contribution < -0.4 is 10.6 Å². The molecule has 0 radical (unpaired) electrons. The highest BCUT2D eigenvalue weighted by Crippen LogP contribution is 2.14. The first kappa shape index (κ1) is 19.0. The van der Waals surface area contributed by atoms with E-state index in [0.29, 0.717) is 24.9 Å². The second-order valence-corrected chi connectivity index (χ2v) is 5.90. The number of unbranched alkanes of at least 4 members (excludes halogenated alkanes) is 2. The van der Waals surface area contributed by atoms with Crippen molar-refractivity contribution < 1.29 is 24.6 Å². The van der Waals surface area contributed by atoms with Gasteiger partial charge in [0.05, 0.1) is 0 Å². The molecule has 0 spiro atoms. The number of amides is 2. The molecule has 1 aromatic carbocycles. The number of rotatable bonds is 9. The minimum Gasteiger partial charge on any atom is -0.481 e. The molecule has 4 N–H and O–H groups in total. The van der Waals surface area contributed by atoms with Crippen molar-refractivity contribution in [2.45, 2.75) is 38.1 Å². The molecule has 0 bridgehead atoms. The van der Waals surface area contributed by atoms with E-state index in [-0.39, 0.29) is 12.8 Å². The van der Waals surface area contributed by atoms with E-state index < -0.39 is 24.0 Å². The van der Waals surface area contributed by atoms with Crippen LogP contribution in [0.1, 0.15) is 32.1 Å². The minimum atomic E-state index is -1.12. The topological polar surface area (TPSA) is 116 Å². The molecular formula is C15H19BrN2O5. The normalized spacial score (nSPS) is 11.5. The van der Waals surface area contributed by atoms with Crippen molar-refractivity contribution in [1.82, 2.24) is 5.32 Å². The Labute approximate surface area is 142 Å². The molecule has 0 aliphatic rings. The Hall–Kier alpha value is -2.09. The summed E-state index contributed by atoms with van der Waals surface area (Å²) in [6, 6.07) is 5.29. The van der Waals surface area contributed by atoms with E-state index >= 15 is 0 Å². The fraction of sp³-hybridized carbons (Fsp3) is 0.400. The molecule has 2 amide bonds. The van der Waals surface area contributed by atoms with Crippen molar-refractivity contribution in [3.8, 4) is 0 Å². The highest BCUT2D eigenvalue weighted by molar-refractivity contribution is 9.10. The van der Waals surface area contributed by atoms with Crippen LogP contribution >= 0.6 is 15.9 Å². The summed E-state index contributed by atoms with van der Waals surface area (Å²) in [5, 5.41) is 22.6. The first-order valence-electron chi connectivity index (χ1n) is 7.16. The lowest BCUT2D eigenvalue weighted by atomic mass is 10.1. The summed E-state index contributed by atoms with van der Waals surface area (Å²) >= 11 is 3.28. The van der Waals surface area contributed by atoms with Crippen LogP contribution in [-0.2, 0) is 9.59 Å². The van der Waals surface area contributed by atoms with Crippen LogP contribution in [0.15, 0.2) is 28.7 Å². The molecule has 23 heavy (non-hydrogen) atoms. The predicted octanol–water partition coefficient (Wildman–Crippen LogP) is 3.06. The molecule has 1 rings (SSSR count). The van der Waals surface area contributed by atoms with Crippen LogP contribution in [0.2, 0.25) is 0 Å². The van der Waals surface area contributed by atoms with Crippen LogP contribution in [0.5, 0.6) is 0 Å². The fourth-order valence-electron chi connectivity index (χ4n) is 1.92. The first-order valence-corrected chi connectivity index (χ1v) is 7.95. The monoisotopic (exact) mass is 386 g/mol. The van der Waals surface area contributed by atoms with Crippen molar-refractivity contribution in [2.75, 3.05) is 5.32 Å². The van der Waals surface area contributed by atoms with Crippen molar-refractivity contribution in [1.29, 1.82) is 0 Å². The SMILES string of the molecule is O=C(O)CCCCC[C@H](NC(=O)Nc1ccc(Br)cc1)C(=O)O. The molecule has 1 aromatic rings. The van der Waals surface area contributed by atoms with Gasteiger partial charge < -0.3 is 20.8 Å². The summed E-state index contributed by atoms with van der Waals surface area (Å²) in [4.78, 5) is 33.4. The van der Waals surface area contributed by atoms with Gasteiger partial charge in [0.2, 0.25) is 0 Å². The Morgan fingerprint density at radius 1 is 1.04 bits per heavy atom. The zero-order valence-corrected chi connectivity index (χ0v) is 14.0. The second kappa shape index (κ2) is 9.83. The number of carbonyl (C=O) groups excluding carboxylic acids is 1. The number of nitrogens with one attached hydrogen (secondary N) is 2. The summed E-state index contributed by atoms with van der Waals surface area (Å²) in [5.74, 6) is -1.99. The van der Waals surface area contributed by atoms with E-state index in [1.807, 2.05) is 0 Å². The van der Waals surface area contributed by atoms with E-state index in [2.05, 4.69) is 26.6 Å². The number of carboxylic acids is 2. The second-order valence-electron chi connectivity index (χ2n) is 4.99. The molecule has 0 aromatic heterocycles. The maximum Gasteiger partial charge on any atom is 0.326 e. The molecule has 0 aliphatic carbocycles. The van der Waals surface area contributed by atoms with Gasteiger partial charge in [-0.3, -0.25) is 4.79 Å². The lowest BCUT2D eigenvalue weighted by Gasteiger charge is -2.15. The lowest BCUT2D eigenvalue weighted by molar-refractivity contribution is -0.139. The average molecular weight is 387 g/mol. The average Bonchev–Trinajstić information content (AvgIpc) is 2.47. The highest BCUT2D eigenvalue weighted by Gasteiger charge is 2.19. The van der Waals surface area contributed by atoms with Crippen molar-refractivity contribution >= 4 is 39.6 Å². The largest absolute Gasteiger partial charge is 0.481 e. The molecule has 0 heterocycles. The molecule has 8 heteroatoms. The third-order valence-corrected chi connectivity index (χ3v) is 3.62. The molecule has 126 valence electrons. The number of benzene rings is 1. The molecule has 0 saturated carbocycles. The Balaban J connectivity index is 2.39. The van der Waals surface area contributed by atoms with Gasteiger partial charge in [0.15, 0.2) is 0 Å². The summed E-state index contributed by atoms with van der Waals surface area (Å²) < 4.78 is 0.869. The van der Waals surface area contributed by atoms with E-state index in [4.69, 9.17) is 10.2 Å². The summed E-state index contributed by atoms with van der Waals surface area (Å²) in [6.07, 6.45) is 1.94. The van der Waals surface area contributed by atoms with Crippen LogP contribution in [0.25, 0.3) is 0 Å². The minimum absolute atomic E-state index is 0.0647. The lowest BCUT2D eigenvalue weighted by Crippen LogP contribution is -2.42. The maximum atomic E-state index is 11.8. The number of anilines is 1. The fourth-order valence-corrected chi connectivity index (χ4v) is 2.18. The van der Waals surface area contributed by atoms with Crippen molar-refractivity contribution in [3.05, 3.63) is 28.7 Å². The number of hydrogen-bond acceptors (Lipinski definition) is 3. The third kappa shape index (κ3) is 8.20. The Bertz CT molecular complexity index is 547. The van der Waals surface area contributed by atoms with Gasteiger partial charge >= 0.3 is 18.0 Å². The van der Waals surface area contributed by atoms with Crippen LogP contribution in [-0.4, -0.2) is 34.2 Å². The van der Waals surface area contributed by atoms with Gasteiger partial charge in [0, 0.05) is 16.6 Å². The van der Waals surface area contributed by atoms with Gasteiger partial charge in [-0.15, -0.1) is 0 Å².